The summed E-state index contributed by atoms with van der Waals surface area (Å²) < 4.78 is 16.4. The van der Waals surface area contributed by atoms with Crippen molar-refractivity contribution in [3.05, 3.63) is 43.4 Å². The van der Waals surface area contributed by atoms with Crippen molar-refractivity contribution in [3.63, 3.8) is 0 Å². The van der Waals surface area contributed by atoms with Gasteiger partial charge in [-0.15, -0.1) is 0 Å². The van der Waals surface area contributed by atoms with Gasteiger partial charge in [0.05, 0.1) is 18.8 Å². The average Bonchev–Trinajstić information content (AvgIpc) is 3.06. The summed E-state index contributed by atoms with van der Waals surface area (Å²) in [5, 5.41) is 0. The number of hydrogen-bond acceptors (Lipinski definition) is 8. The number of anilines is 2. The van der Waals surface area contributed by atoms with Gasteiger partial charge in [-0.1, -0.05) is 6.92 Å². The number of aryl methyl sites for hydroxylation is 1. The Morgan fingerprint density at radius 3 is 2.33 bits per heavy atom. The van der Waals surface area contributed by atoms with E-state index < -0.39 is 23.1 Å². The van der Waals surface area contributed by atoms with Crippen LogP contribution in [0.4, 0.5) is 11.5 Å². The Morgan fingerprint density at radius 2 is 1.73 bits per heavy atom. The minimum absolute atomic E-state index is 0.0158. The molecule has 0 atom stereocenters. The Hall–Kier alpha value is -3.38. The number of nitrogens with zero attached hydrogens (tertiary/aromatic N) is 2. The number of amides is 1. The molecule has 2 aromatic heterocycles. The first-order valence-corrected chi connectivity index (χ1v) is 10.5. The van der Waals surface area contributed by atoms with Gasteiger partial charge >= 0.3 is 11.7 Å². The molecular weight excluding hydrogens is 434 g/mol. The average molecular weight is 466 g/mol. The quantitative estimate of drug-likeness (QED) is 0.320. The van der Waals surface area contributed by atoms with Crippen LogP contribution < -0.4 is 21.9 Å². The molecule has 0 aliphatic rings. The highest BCUT2D eigenvalue weighted by atomic mass is 16.6. The molecule has 0 aromatic carbocycles. The summed E-state index contributed by atoms with van der Waals surface area (Å²) in [7, 11) is 2.94. The molecule has 12 nitrogen and oxygen atoms in total. The van der Waals surface area contributed by atoms with Gasteiger partial charge in [-0.25, -0.2) is 9.59 Å². The lowest BCUT2D eigenvalue weighted by molar-refractivity contribution is 0.0386. The van der Waals surface area contributed by atoms with Crippen LogP contribution in [0.1, 0.15) is 45.4 Å². The Morgan fingerprint density at radius 1 is 1.06 bits per heavy atom. The van der Waals surface area contributed by atoms with Crippen LogP contribution >= 0.6 is 0 Å². The number of carbonyl (C=O) groups is 2. The largest absolute Gasteiger partial charge is 0.460 e. The lowest BCUT2D eigenvalue weighted by atomic mass is 10.1. The maximum absolute atomic E-state index is 13.6. The number of aromatic nitrogens is 3. The van der Waals surface area contributed by atoms with Crippen molar-refractivity contribution in [3.8, 4) is 0 Å². The zero-order valence-electron chi connectivity index (χ0n) is 19.6. The van der Waals surface area contributed by atoms with E-state index in [1.54, 1.807) is 13.8 Å². The topological polar surface area (TPSA) is 162 Å². The molecule has 4 N–H and O–H groups in total. The van der Waals surface area contributed by atoms with E-state index in [-0.39, 0.29) is 55.7 Å². The molecule has 0 saturated carbocycles. The second kappa shape index (κ2) is 11.5. The first-order chi connectivity index (χ1) is 15.7. The van der Waals surface area contributed by atoms with E-state index in [4.69, 9.17) is 19.9 Å². The zero-order valence-corrected chi connectivity index (χ0v) is 19.6. The van der Waals surface area contributed by atoms with Crippen LogP contribution in [-0.2, 0) is 20.8 Å². The minimum Gasteiger partial charge on any atom is -0.460 e. The predicted octanol–water partition coefficient (Wildman–Crippen LogP) is 0.570. The van der Waals surface area contributed by atoms with E-state index in [2.05, 4.69) is 9.97 Å². The smallest absolute Gasteiger partial charge is 0.340 e. The van der Waals surface area contributed by atoms with E-state index in [9.17, 15) is 19.2 Å². The summed E-state index contributed by atoms with van der Waals surface area (Å²) >= 11 is 0. The summed E-state index contributed by atoms with van der Waals surface area (Å²) in [5.74, 6) is -1.34. The number of esters is 1. The molecule has 33 heavy (non-hydrogen) atoms. The summed E-state index contributed by atoms with van der Waals surface area (Å²) in [5.41, 5.74) is 5.65. The first-order valence-electron chi connectivity index (χ1n) is 10.5. The minimum atomic E-state index is -0.797. The molecule has 0 spiro atoms. The number of ether oxygens (including phenoxy) is 3. The lowest BCUT2D eigenvalue weighted by Gasteiger charge is -2.24. The van der Waals surface area contributed by atoms with E-state index in [1.165, 1.54) is 18.8 Å². The van der Waals surface area contributed by atoms with Crippen LogP contribution in [0.2, 0.25) is 0 Å². The summed E-state index contributed by atoms with van der Waals surface area (Å²) in [6.07, 6.45) is 0.588. The van der Waals surface area contributed by atoms with Gasteiger partial charge in [0, 0.05) is 33.0 Å². The molecule has 0 bridgehead atoms. The molecule has 0 radical (unpaired) electrons. The molecular formula is C21H31N5O7. The summed E-state index contributed by atoms with van der Waals surface area (Å²) in [4.78, 5) is 57.2. The van der Waals surface area contributed by atoms with E-state index in [0.29, 0.717) is 17.7 Å². The van der Waals surface area contributed by atoms with Crippen molar-refractivity contribution in [1.29, 1.82) is 0 Å². The van der Waals surface area contributed by atoms with Crippen LogP contribution in [0.25, 0.3) is 0 Å². The van der Waals surface area contributed by atoms with Crippen LogP contribution in [0.15, 0.2) is 9.59 Å². The molecule has 2 aromatic rings. The number of aromatic amines is 2. The standard InChI is InChI=1S/C21H31N5O7/c1-6-7-26-17(22)16(18(27)24-21(26)30)25(8-9-31-4)19(28)15-12(2)14(13(3)23-15)20(29)33-11-10-32-5/h23H,6-11,22H2,1-5H3,(H,24,27,30). The Bertz CT molecular complexity index is 1120. The van der Waals surface area contributed by atoms with Gasteiger partial charge in [-0.3, -0.25) is 24.0 Å². The molecule has 182 valence electrons. The highest BCUT2D eigenvalue weighted by molar-refractivity contribution is 6.09. The Labute approximate surface area is 190 Å². The van der Waals surface area contributed by atoms with Gasteiger partial charge in [-0.05, 0) is 25.8 Å². The second-order valence-corrected chi connectivity index (χ2v) is 7.35. The van der Waals surface area contributed by atoms with Crippen molar-refractivity contribution in [2.45, 2.75) is 33.7 Å². The van der Waals surface area contributed by atoms with Gasteiger partial charge in [0.2, 0.25) is 0 Å². The molecule has 0 saturated heterocycles. The number of nitrogens with two attached hydrogens (primary N) is 1. The van der Waals surface area contributed by atoms with Crippen LogP contribution in [0.5, 0.6) is 0 Å². The van der Waals surface area contributed by atoms with E-state index in [1.807, 2.05) is 6.92 Å². The zero-order chi connectivity index (χ0) is 24.7. The van der Waals surface area contributed by atoms with Crippen molar-refractivity contribution in [2.24, 2.45) is 0 Å². The lowest BCUT2D eigenvalue weighted by Crippen LogP contribution is -2.42. The van der Waals surface area contributed by atoms with E-state index in [0.717, 1.165) is 4.90 Å². The van der Waals surface area contributed by atoms with Crippen molar-refractivity contribution >= 4 is 23.4 Å². The number of nitrogen functional groups attached to an aromatic ring is 1. The molecule has 1 amide bonds. The fourth-order valence-electron chi connectivity index (χ4n) is 3.48. The third-order valence-corrected chi connectivity index (χ3v) is 5.07. The normalized spacial score (nSPS) is 10.9. The van der Waals surface area contributed by atoms with Crippen molar-refractivity contribution in [2.75, 3.05) is 51.2 Å². The van der Waals surface area contributed by atoms with Crippen LogP contribution in [0, 0.1) is 13.8 Å². The predicted molar refractivity (Wildman–Crippen MR) is 122 cm³/mol. The molecule has 2 rings (SSSR count). The number of H-pyrrole nitrogens is 2. The molecule has 0 aliphatic heterocycles. The highest BCUT2D eigenvalue weighted by Crippen LogP contribution is 2.24. The Kier molecular flexibility index (Phi) is 9.00. The highest BCUT2D eigenvalue weighted by Gasteiger charge is 2.30. The molecule has 0 fully saturated rings. The number of methoxy groups -OCH3 is 2. The van der Waals surface area contributed by atoms with Crippen molar-refractivity contribution in [1.82, 2.24) is 14.5 Å². The maximum atomic E-state index is 13.6. The van der Waals surface area contributed by atoms with Gasteiger partial charge in [0.1, 0.15) is 18.1 Å². The second-order valence-electron chi connectivity index (χ2n) is 7.35. The molecule has 2 heterocycles. The van der Waals surface area contributed by atoms with Gasteiger partial charge in [0.15, 0.2) is 5.69 Å². The monoisotopic (exact) mass is 465 g/mol. The van der Waals surface area contributed by atoms with Crippen molar-refractivity contribution < 1.29 is 23.8 Å². The molecule has 0 aliphatic carbocycles. The number of rotatable bonds is 11. The third-order valence-electron chi connectivity index (χ3n) is 5.07. The van der Waals surface area contributed by atoms with Gasteiger partial charge in [0.25, 0.3) is 11.5 Å². The molecule has 12 heteroatoms. The summed E-state index contributed by atoms with van der Waals surface area (Å²) in [6.45, 7) is 5.73. The number of hydrogen-bond donors (Lipinski definition) is 3. The number of nitrogens with one attached hydrogen (secondary N) is 2. The van der Waals surface area contributed by atoms with Crippen LogP contribution in [-0.4, -0.2) is 67.0 Å². The number of carbonyl (C=O) groups excluding carboxylic acids is 2. The fraction of sp³-hybridized carbons (Fsp3) is 0.524. The van der Waals surface area contributed by atoms with Crippen LogP contribution in [0.3, 0.4) is 0 Å². The third kappa shape index (κ3) is 5.52. The van der Waals surface area contributed by atoms with Gasteiger partial charge < -0.3 is 24.9 Å². The fourth-order valence-corrected chi connectivity index (χ4v) is 3.48. The Balaban J connectivity index is 2.56. The van der Waals surface area contributed by atoms with Gasteiger partial charge in [-0.2, -0.15) is 0 Å². The molecule has 0 unspecified atom stereocenters. The SMILES string of the molecule is CCCn1c(N)c(N(CCOC)C(=O)c2[nH]c(C)c(C(=O)OCCOC)c2C)c(=O)[nH]c1=O. The maximum Gasteiger partial charge on any atom is 0.340 e. The van der Waals surface area contributed by atoms with E-state index >= 15 is 0 Å². The summed E-state index contributed by atoms with van der Waals surface area (Å²) in [6, 6.07) is 0. The first kappa shape index (κ1) is 25.9.